The van der Waals surface area contributed by atoms with Crippen LogP contribution in [0.25, 0.3) is 10.9 Å². The van der Waals surface area contributed by atoms with Gasteiger partial charge in [-0.15, -0.1) is 4.41 Å². The zero-order valence-corrected chi connectivity index (χ0v) is 11.8. The first-order chi connectivity index (χ1) is 10.1. The van der Waals surface area contributed by atoms with E-state index in [0.29, 0.717) is 16.4 Å². The third-order valence-corrected chi connectivity index (χ3v) is 4.70. The first kappa shape index (κ1) is 13.4. The molecule has 108 valence electrons. The summed E-state index contributed by atoms with van der Waals surface area (Å²) in [6, 6.07) is 10.6. The van der Waals surface area contributed by atoms with Gasteiger partial charge in [0.25, 0.3) is 10.0 Å². The van der Waals surface area contributed by atoms with E-state index in [9.17, 15) is 13.2 Å². The Hall–Kier alpha value is -2.54. The van der Waals surface area contributed by atoms with Crippen LogP contribution < -0.4 is 4.41 Å². The van der Waals surface area contributed by atoms with E-state index in [1.54, 1.807) is 30.5 Å². The van der Waals surface area contributed by atoms with Crippen LogP contribution in [0.3, 0.4) is 0 Å². The topological polar surface area (TPSA) is 75.2 Å². The highest BCUT2D eigenvalue weighted by molar-refractivity contribution is 7.92. The summed E-state index contributed by atoms with van der Waals surface area (Å²) in [4.78, 5) is 14.2. The Morgan fingerprint density at radius 2 is 1.95 bits per heavy atom. The Morgan fingerprint density at radius 1 is 1.19 bits per heavy atom. The van der Waals surface area contributed by atoms with E-state index in [0.717, 1.165) is 10.9 Å². The number of benzene rings is 1. The van der Waals surface area contributed by atoms with Gasteiger partial charge < -0.3 is 4.98 Å². The number of carbonyl (C=O) groups excluding carboxylic acids is 1. The van der Waals surface area contributed by atoms with Crippen LogP contribution in [-0.2, 0) is 20.6 Å². The van der Waals surface area contributed by atoms with Crippen LogP contribution in [0.5, 0.6) is 0 Å². The van der Waals surface area contributed by atoms with E-state index in [1.807, 2.05) is 12.1 Å². The summed E-state index contributed by atoms with van der Waals surface area (Å²) in [6.07, 6.45) is 5.09. The number of amides is 1. The van der Waals surface area contributed by atoms with Crippen molar-refractivity contribution in [2.45, 2.75) is 5.75 Å². The number of hydrogen-bond donors (Lipinski definition) is 1. The summed E-state index contributed by atoms with van der Waals surface area (Å²) in [5.41, 5.74) is 1.48. The smallest absolute Gasteiger partial charge is 0.259 e. The van der Waals surface area contributed by atoms with Crippen molar-refractivity contribution >= 4 is 27.3 Å². The van der Waals surface area contributed by atoms with Crippen molar-refractivity contribution in [3.05, 3.63) is 60.6 Å². The molecular formula is C14H13N3O3S. The minimum atomic E-state index is -3.79. The van der Waals surface area contributed by atoms with E-state index in [1.165, 1.54) is 17.1 Å². The summed E-state index contributed by atoms with van der Waals surface area (Å²) >= 11 is 0. The third kappa shape index (κ3) is 2.55. The Morgan fingerprint density at radius 3 is 2.67 bits per heavy atom. The molecule has 2 aromatic heterocycles. The summed E-state index contributed by atoms with van der Waals surface area (Å²) in [5, 5.41) is 1.01. The number of fused-ring (bicyclic) bond motifs is 1. The average Bonchev–Trinajstić information content (AvgIpc) is 3.08. The number of hydrogen-bond acceptors (Lipinski definition) is 3. The van der Waals surface area contributed by atoms with Crippen LogP contribution >= 0.6 is 0 Å². The van der Waals surface area contributed by atoms with Crippen molar-refractivity contribution in [1.29, 1.82) is 0 Å². The van der Waals surface area contributed by atoms with Gasteiger partial charge in [-0.25, -0.2) is 8.42 Å². The van der Waals surface area contributed by atoms with E-state index in [-0.39, 0.29) is 5.75 Å². The number of nitrogens with zero attached hydrogens (tertiary/aromatic N) is 2. The minimum Gasteiger partial charge on any atom is -0.361 e. The Labute approximate surface area is 121 Å². The lowest BCUT2D eigenvalue weighted by Crippen LogP contribution is -2.39. The van der Waals surface area contributed by atoms with Crippen LogP contribution in [0, 0.1) is 0 Å². The molecule has 0 aliphatic heterocycles. The van der Waals surface area contributed by atoms with E-state index < -0.39 is 10.0 Å². The summed E-state index contributed by atoms with van der Waals surface area (Å²) in [7, 11) is -3.79. The van der Waals surface area contributed by atoms with E-state index in [4.69, 9.17) is 0 Å². The highest BCUT2D eigenvalue weighted by Crippen LogP contribution is 2.17. The second-order valence-electron chi connectivity index (χ2n) is 4.60. The molecule has 6 nitrogen and oxygen atoms in total. The summed E-state index contributed by atoms with van der Waals surface area (Å²) in [6.45, 7) is 0. The van der Waals surface area contributed by atoms with Gasteiger partial charge in [0.1, 0.15) is 0 Å². The summed E-state index contributed by atoms with van der Waals surface area (Å²) < 4.78 is 26.7. The largest absolute Gasteiger partial charge is 0.361 e. The van der Waals surface area contributed by atoms with Gasteiger partial charge in [0.2, 0.25) is 6.41 Å². The Bertz CT molecular complexity index is 866. The fourth-order valence-corrected chi connectivity index (χ4v) is 3.44. The Kier molecular flexibility index (Phi) is 3.26. The number of nitrogens with one attached hydrogen (secondary N) is 1. The maximum absolute atomic E-state index is 12.4. The first-order valence-corrected chi connectivity index (χ1v) is 7.88. The first-order valence-electron chi connectivity index (χ1n) is 6.27. The van der Waals surface area contributed by atoms with Crippen molar-refractivity contribution in [3.8, 4) is 0 Å². The monoisotopic (exact) mass is 303 g/mol. The molecule has 0 aliphatic carbocycles. The number of sulfonamides is 1. The second kappa shape index (κ2) is 5.10. The predicted molar refractivity (Wildman–Crippen MR) is 79.6 cm³/mol. The van der Waals surface area contributed by atoms with Gasteiger partial charge in [-0.05, 0) is 35.2 Å². The molecule has 1 aromatic carbocycles. The number of carbonyl (C=O) groups is 1. The second-order valence-corrected chi connectivity index (χ2v) is 6.42. The molecule has 0 radical (unpaired) electrons. The lowest BCUT2D eigenvalue weighted by atomic mass is 10.2. The molecule has 1 N–H and O–H groups in total. The molecule has 0 spiro atoms. The fraction of sp³-hybridized carbons (Fsp3) is 0.0714. The molecular weight excluding hydrogens is 290 g/mol. The van der Waals surface area contributed by atoms with Gasteiger partial charge in [0, 0.05) is 24.1 Å². The predicted octanol–water partition coefficient (Wildman–Crippen LogP) is 1.59. The van der Waals surface area contributed by atoms with Crippen LogP contribution in [0.4, 0.5) is 0 Å². The van der Waals surface area contributed by atoms with Crippen molar-refractivity contribution in [1.82, 2.24) is 9.66 Å². The molecule has 3 aromatic rings. The van der Waals surface area contributed by atoms with Crippen LogP contribution in [0.2, 0.25) is 0 Å². The lowest BCUT2D eigenvalue weighted by Gasteiger charge is -2.18. The standard InChI is InChI=1S/C14H13N3O3S/c18-11-17(16-7-1-2-8-16)21(19,20)10-12-3-4-13-5-6-15-14(13)9-12/h1-9,11,15H,10H2. The molecule has 0 bridgehead atoms. The number of aromatic amines is 1. The molecule has 3 rings (SSSR count). The van der Waals surface area contributed by atoms with E-state index in [2.05, 4.69) is 4.98 Å². The third-order valence-electron chi connectivity index (χ3n) is 3.16. The normalized spacial score (nSPS) is 11.6. The average molecular weight is 303 g/mol. The number of rotatable bonds is 5. The molecule has 2 heterocycles. The zero-order chi connectivity index (χ0) is 14.9. The molecule has 0 saturated carbocycles. The zero-order valence-electron chi connectivity index (χ0n) is 11.0. The highest BCUT2D eigenvalue weighted by Gasteiger charge is 2.22. The summed E-state index contributed by atoms with van der Waals surface area (Å²) in [5.74, 6) is -0.251. The lowest BCUT2D eigenvalue weighted by molar-refractivity contribution is -0.107. The molecule has 0 aliphatic rings. The molecule has 1 amide bonds. The number of H-pyrrole nitrogens is 1. The van der Waals surface area contributed by atoms with Gasteiger partial charge in [0.05, 0.1) is 5.75 Å². The fourth-order valence-electron chi connectivity index (χ4n) is 2.18. The Balaban J connectivity index is 1.92. The van der Waals surface area contributed by atoms with Gasteiger partial charge in [0.15, 0.2) is 0 Å². The molecule has 0 unspecified atom stereocenters. The van der Waals surface area contributed by atoms with Gasteiger partial charge in [-0.2, -0.15) is 0 Å². The highest BCUT2D eigenvalue weighted by atomic mass is 32.2. The van der Waals surface area contributed by atoms with Crippen molar-refractivity contribution in [2.75, 3.05) is 4.41 Å². The van der Waals surface area contributed by atoms with Gasteiger partial charge in [-0.1, -0.05) is 12.1 Å². The maximum atomic E-state index is 12.4. The van der Waals surface area contributed by atoms with Crippen LogP contribution in [0.15, 0.2) is 55.0 Å². The van der Waals surface area contributed by atoms with Crippen molar-refractivity contribution in [3.63, 3.8) is 0 Å². The van der Waals surface area contributed by atoms with Crippen LogP contribution in [-0.4, -0.2) is 24.5 Å². The molecule has 0 saturated heterocycles. The van der Waals surface area contributed by atoms with Crippen molar-refractivity contribution < 1.29 is 13.2 Å². The minimum absolute atomic E-state index is 0.251. The maximum Gasteiger partial charge on any atom is 0.259 e. The molecule has 0 atom stereocenters. The van der Waals surface area contributed by atoms with Crippen molar-refractivity contribution in [2.24, 2.45) is 0 Å². The quantitative estimate of drug-likeness (QED) is 0.727. The number of aromatic nitrogens is 2. The SMILES string of the molecule is O=CN(n1cccc1)S(=O)(=O)Cc1ccc2cc[nH]c2c1. The molecule has 7 heteroatoms. The van der Waals surface area contributed by atoms with Gasteiger partial charge >= 0.3 is 0 Å². The van der Waals surface area contributed by atoms with Gasteiger partial charge in [-0.3, -0.25) is 9.47 Å². The molecule has 0 fully saturated rings. The molecule has 21 heavy (non-hydrogen) atoms. The van der Waals surface area contributed by atoms with E-state index >= 15 is 0 Å². The van der Waals surface area contributed by atoms with Crippen LogP contribution in [0.1, 0.15) is 5.56 Å².